The fourth-order valence-corrected chi connectivity index (χ4v) is 1.97. The van der Waals surface area contributed by atoms with Crippen LogP contribution in [-0.4, -0.2) is 15.9 Å². The van der Waals surface area contributed by atoms with E-state index in [0.29, 0.717) is 5.69 Å². The van der Waals surface area contributed by atoms with Crippen LogP contribution < -0.4 is 5.32 Å². The zero-order valence-electron chi connectivity index (χ0n) is 10.4. The van der Waals surface area contributed by atoms with Crippen molar-refractivity contribution in [3.05, 3.63) is 51.5 Å². The van der Waals surface area contributed by atoms with Crippen LogP contribution in [0.2, 0.25) is 10.2 Å². The average molecular weight is 296 g/mol. The lowest BCUT2D eigenvalue weighted by atomic mass is 10.2. The van der Waals surface area contributed by atoms with E-state index in [1.807, 2.05) is 19.9 Å². The first-order chi connectivity index (χ1) is 8.99. The van der Waals surface area contributed by atoms with E-state index in [9.17, 15) is 4.79 Å². The number of aryl methyl sites for hydroxylation is 2. The molecule has 0 aromatic carbocycles. The number of nitrogens with one attached hydrogen (secondary N) is 1. The third kappa shape index (κ3) is 3.03. The molecule has 0 aliphatic rings. The monoisotopic (exact) mass is 295 g/mol. The first-order valence-electron chi connectivity index (χ1n) is 5.54. The maximum absolute atomic E-state index is 12.1. The van der Waals surface area contributed by atoms with Crippen molar-refractivity contribution in [3.8, 4) is 0 Å². The highest BCUT2D eigenvalue weighted by atomic mass is 35.5. The van der Waals surface area contributed by atoms with E-state index < -0.39 is 5.91 Å². The van der Waals surface area contributed by atoms with Gasteiger partial charge in [-0.3, -0.25) is 9.78 Å². The van der Waals surface area contributed by atoms with Crippen LogP contribution in [0.5, 0.6) is 0 Å². The number of halogens is 2. The normalized spacial score (nSPS) is 10.3. The number of hydrogen-bond acceptors (Lipinski definition) is 3. The number of anilines is 1. The third-order valence-electron chi connectivity index (χ3n) is 2.61. The lowest BCUT2D eigenvalue weighted by molar-refractivity contribution is 0.102. The van der Waals surface area contributed by atoms with Gasteiger partial charge in [-0.15, -0.1) is 0 Å². The number of aromatic nitrogens is 2. The van der Waals surface area contributed by atoms with Crippen molar-refractivity contribution in [3.63, 3.8) is 0 Å². The van der Waals surface area contributed by atoms with E-state index >= 15 is 0 Å². The van der Waals surface area contributed by atoms with Gasteiger partial charge in [0.2, 0.25) is 0 Å². The van der Waals surface area contributed by atoms with Gasteiger partial charge in [0.25, 0.3) is 5.91 Å². The second-order valence-electron chi connectivity index (χ2n) is 4.01. The van der Waals surface area contributed by atoms with Gasteiger partial charge < -0.3 is 5.32 Å². The number of carbonyl (C=O) groups is 1. The van der Waals surface area contributed by atoms with Crippen molar-refractivity contribution >= 4 is 34.8 Å². The van der Waals surface area contributed by atoms with Crippen LogP contribution in [-0.2, 0) is 0 Å². The third-order valence-corrected chi connectivity index (χ3v) is 3.13. The summed E-state index contributed by atoms with van der Waals surface area (Å²) in [7, 11) is 0. The van der Waals surface area contributed by atoms with Crippen molar-refractivity contribution in [1.82, 2.24) is 9.97 Å². The first-order valence-corrected chi connectivity index (χ1v) is 6.30. The summed E-state index contributed by atoms with van der Waals surface area (Å²) >= 11 is 11.7. The van der Waals surface area contributed by atoms with Gasteiger partial charge in [0.15, 0.2) is 0 Å². The summed E-state index contributed by atoms with van der Waals surface area (Å²) in [5.41, 5.74) is 2.40. The number of amides is 1. The molecule has 2 heterocycles. The van der Waals surface area contributed by atoms with Crippen LogP contribution in [0, 0.1) is 13.8 Å². The lowest BCUT2D eigenvalue weighted by Gasteiger charge is -2.10. The number of rotatable bonds is 2. The zero-order valence-corrected chi connectivity index (χ0v) is 11.9. The molecule has 0 aliphatic heterocycles. The van der Waals surface area contributed by atoms with Crippen LogP contribution in [0.25, 0.3) is 0 Å². The van der Waals surface area contributed by atoms with Crippen molar-refractivity contribution in [2.75, 3.05) is 5.32 Å². The molecule has 0 aliphatic carbocycles. The predicted molar refractivity (Wildman–Crippen MR) is 75.9 cm³/mol. The molecule has 0 saturated carbocycles. The van der Waals surface area contributed by atoms with E-state index in [0.717, 1.165) is 11.3 Å². The van der Waals surface area contributed by atoms with E-state index in [1.165, 1.54) is 12.1 Å². The Hall–Kier alpha value is -1.65. The zero-order chi connectivity index (χ0) is 14.0. The fourth-order valence-electron chi connectivity index (χ4n) is 1.63. The Kier molecular flexibility index (Phi) is 4.02. The highest BCUT2D eigenvalue weighted by molar-refractivity contribution is 6.35. The Balaban J connectivity index is 2.34. The summed E-state index contributed by atoms with van der Waals surface area (Å²) < 4.78 is 0. The predicted octanol–water partition coefficient (Wildman–Crippen LogP) is 3.65. The Morgan fingerprint density at radius 2 is 1.95 bits per heavy atom. The molecule has 2 rings (SSSR count). The molecule has 19 heavy (non-hydrogen) atoms. The van der Waals surface area contributed by atoms with Crippen molar-refractivity contribution < 1.29 is 4.79 Å². The minimum atomic E-state index is -0.410. The molecular weight excluding hydrogens is 285 g/mol. The van der Waals surface area contributed by atoms with E-state index in [-0.39, 0.29) is 15.9 Å². The molecule has 0 saturated heterocycles. The molecule has 0 bridgehead atoms. The molecule has 4 nitrogen and oxygen atoms in total. The Bertz CT molecular complexity index is 624. The SMILES string of the molecule is Cc1ccnc(C)c1NC(=O)c1nc(Cl)ccc1Cl. The topological polar surface area (TPSA) is 54.9 Å². The molecule has 1 N–H and O–H groups in total. The van der Waals surface area contributed by atoms with Gasteiger partial charge in [0, 0.05) is 6.20 Å². The maximum atomic E-state index is 12.1. The van der Waals surface area contributed by atoms with Gasteiger partial charge in [-0.2, -0.15) is 0 Å². The number of nitrogens with zero attached hydrogens (tertiary/aromatic N) is 2. The smallest absolute Gasteiger partial charge is 0.275 e. The Morgan fingerprint density at radius 1 is 1.21 bits per heavy atom. The van der Waals surface area contributed by atoms with Crippen LogP contribution in [0.1, 0.15) is 21.7 Å². The number of pyridine rings is 2. The van der Waals surface area contributed by atoms with Gasteiger partial charge in [-0.05, 0) is 37.6 Å². The summed E-state index contributed by atoms with van der Waals surface area (Å²) in [5.74, 6) is -0.410. The fraction of sp³-hybridized carbons (Fsp3) is 0.154. The molecule has 2 aromatic heterocycles. The number of hydrogen-bond donors (Lipinski definition) is 1. The molecule has 0 fully saturated rings. The number of carbonyl (C=O) groups excluding carboxylic acids is 1. The Morgan fingerprint density at radius 3 is 2.63 bits per heavy atom. The van der Waals surface area contributed by atoms with Crippen LogP contribution in [0.3, 0.4) is 0 Å². The summed E-state index contributed by atoms with van der Waals surface area (Å²) in [6.07, 6.45) is 1.69. The standard InChI is InChI=1S/C13H11Cl2N3O/c1-7-5-6-16-8(2)11(7)18-13(19)12-9(14)3-4-10(15)17-12/h3-6H,1-2H3,(H,18,19). The minimum absolute atomic E-state index is 0.0943. The van der Waals surface area contributed by atoms with E-state index in [2.05, 4.69) is 15.3 Å². The van der Waals surface area contributed by atoms with Crippen molar-refractivity contribution in [1.29, 1.82) is 0 Å². The molecule has 2 aromatic rings. The molecule has 0 unspecified atom stereocenters. The van der Waals surface area contributed by atoms with Gasteiger partial charge in [-0.25, -0.2) is 4.98 Å². The molecule has 1 amide bonds. The summed E-state index contributed by atoms with van der Waals surface area (Å²) in [5, 5.41) is 3.22. The lowest BCUT2D eigenvalue weighted by Crippen LogP contribution is -2.16. The maximum Gasteiger partial charge on any atom is 0.275 e. The molecule has 98 valence electrons. The quantitative estimate of drug-likeness (QED) is 0.861. The van der Waals surface area contributed by atoms with Crippen LogP contribution in [0.4, 0.5) is 5.69 Å². The summed E-state index contributed by atoms with van der Waals surface area (Å²) in [6, 6.07) is 4.88. The first kappa shape index (κ1) is 13.8. The van der Waals surface area contributed by atoms with Crippen molar-refractivity contribution in [2.24, 2.45) is 0 Å². The van der Waals surface area contributed by atoms with Gasteiger partial charge in [-0.1, -0.05) is 23.2 Å². The highest BCUT2D eigenvalue weighted by Gasteiger charge is 2.15. The Labute approximate surface area is 120 Å². The summed E-state index contributed by atoms with van der Waals surface area (Å²) in [6.45, 7) is 3.70. The second kappa shape index (κ2) is 5.55. The molecule has 0 radical (unpaired) electrons. The van der Waals surface area contributed by atoms with Crippen molar-refractivity contribution in [2.45, 2.75) is 13.8 Å². The highest BCUT2D eigenvalue weighted by Crippen LogP contribution is 2.21. The van der Waals surface area contributed by atoms with Crippen LogP contribution in [0.15, 0.2) is 24.4 Å². The average Bonchev–Trinajstić information content (AvgIpc) is 2.37. The van der Waals surface area contributed by atoms with Gasteiger partial charge >= 0.3 is 0 Å². The van der Waals surface area contributed by atoms with Crippen LogP contribution >= 0.6 is 23.2 Å². The molecular formula is C13H11Cl2N3O. The second-order valence-corrected chi connectivity index (χ2v) is 4.80. The van der Waals surface area contributed by atoms with Gasteiger partial charge in [0.1, 0.15) is 10.8 Å². The molecule has 0 atom stereocenters. The van der Waals surface area contributed by atoms with E-state index in [1.54, 1.807) is 6.20 Å². The summed E-state index contributed by atoms with van der Waals surface area (Å²) in [4.78, 5) is 20.2. The van der Waals surface area contributed by atoms with Gasteiger partial charge in [0.05, 0.1) is 16.4 Å². The molecule has 0 spiro atoms. The van der Waals surface area contributed by atoms with E-state index in [4.69, 9.17) is 23.2 Å². The minimum Gasteiger partial charge on any atom is -0.319 e. The molecule has 6 heteroatoms. The largest absolute Gasteiger partial charge is 0.319 e.